The molecule has 0 spiro atoms. The van der Waals surface area contributed by atoms with Crippen molar-refractivity contribution in [2.45, 2.75) is 25.3 Å². The number of aromatic nitrogens is 1. The van der Waals surface area contributed by atoms with Crippen LogP contribution in [0.3, 0.4) is 0 Å². The second kappa shape index (κ2) is 5.17. The summed E-state index contributed by atoms with van der Waals surface area (Å²) < 4.78 is 0. The lowest BCUT2D eigenvalue weighted by Crippen LogP contribution is -2.37. The molecule has 2 aromatic rings. The predicted octanol–water partition coefficient (Wildman–Crippen LogP) is 2.80. The Morgan fingerprint density at radius 1 is 1.26 bits per heavy atom. The zero-order valence-electron chi connectivity index (χ0n) is 11.4. The summed E-state index contributed by atoms with van der Waals surface area (Å²) in [7, 11) is 2.19. The van der Waals surface area contributed by atoms with Crippen LogP contribution in [0.1, 0.15) is 19.3 Å². The van der Waals surface area contributed by atoms with Gasteiger partial charge in [-0.15, -0.1) is 0 Å². The van der Waals surface area contributed by atoms with Crippen molar-refractivity contribution in [3.8, 4) is 0 Å². The van der Waals surface area contributed by atoms with Gasteiger partial charge in [-0.25, -0.2) is 0 Å². The maximum Gasteiger partial charge on any atom is 0.0722 e. The summed E-state index contributed by atoms with van der Waals surface area (Å²) >= 11 is 0. The van der Waals surface area contributed by atoms with E-state index in [1.54, 1.807) is 0 Å². The molecule has 0 saturated heterocycles. The first-order valence-electron chi connectivity index (χ1n) is 7.08. The number of nitrogens with two attached hydrogens (primary N) is 1. The minimum atomic E-state index is 0.566. The topological polar surface area (TPSA) is 42.2 Å². The lowest BCUT2D eigenvalue weighted by atomic mass is 10.0. The van der Waals surface area contributed by atoms with Crippen LogP contribution in [0.25, 0.3) is 10.9 Å². The monoisotopic (exact) mass is 255 g/mol. The smallest absolute Gasteiger partial charge is 0.0722 e. The van der Waals surface area contributed by atoms with Gasteiger partial charge >= 0.3 is 0 Å². The average Bonchev–Trinajstić information content (AvgIpc) is 2.94. The van der Waals surface area contributed by atoms with Crippen LogP contribution in [0.4, 0.5) is 5.69 Å². The average molecular weight is 255 g/mol. The molecule has 2 unspecified atom stereocenters. The lowest BCUT2D eigenvalue weighted by Gasteiger charge is -2.31. The molecule has 1 aliphatic carbocycles. The molecule has 0 bridgehead atoms. The van der Waals surface area contributed by atoms with Gasteiger partial charge in [-0.05, 0) is 37.4 Å². The van der Waals surface area contributed by atoms with Gasteiger partial charge in [0.2, 0.25) is 0 Å². The Morgan fingerprint density at radius 2 is 2.11 bits per heavy atom. The van der Waals surface area contributed by atoms with E-state index in [2.05, 4.69) is 41.2 Å². The van der Waals surface area contributed by atoms with Crippen molar-refractivity contribution >= 4 is 16.6 Å². The molecule has 3 heteroatoms. The molecule has 2 N–H and O–H groups in total. The fourth-order valence-electron chi connectivity index (χ4n) is 3.37. The molecule has 0 radical (unpaired) electrons. The number of benzene rings is 1. The van der Waals surface area contributed by atoms with Crippen LogP contribution in [0.2, 0.25) is 0 Å². The third kappa shape index (κ3) is 2.19. The molecular formula is C16H21N3. The predicted molar refractivity (Wildman–Crippen MR) is 80.3 cm³/mol. The summed E-state index contributed by atoms with van der Waals surface area (Å²) in [5.41, 5.74) is 8.25. The van der Waals surface area contributed by atoms with Crippen LogP contribution >= 0.6 is 0 Å². The largest absolute Gasteiger partial charge is 0.371 e. The Morgan fingerprint density at radius 3 is 2.95 bits per heavy atom. The van der Waals surface area contributed by atoms with Crippen molar-refractivity contribution in [1.82, 2.24) is 4.98 Å². The van der Waals surface area contributed by atoms with E-state index in [0.717, 1.165) is 12.1 Å². The quantitative estimate of drug-likeness (QED) is 0.917. The highest BCUT2D eigenvalue weighted by Crippen LogP contribution is 2.34. The van der Waals surface area contributed by atoms with Gasteiger partial charge in [-0.1, -0.05) is 24.6 Å². The van der Waals surface area contributed by atoms with Gasteiger partial charge in [0.15, 0.2) is 0 Å². The number of nitrogens with zero attached hydrogens (tertiary/aromatic N) is 2. The number of anilines is 1. The molecule has 3 rings (SSSR count). The Hall–Kier alpha value is -1.61. The number of rotatable bonds is 3. The molecule has 19 heavy (non-hydrogen) atoms. The summed E-state index contributed by atoms with van der Waals surface area (Å²) in [5, 5.41) is 1.23. The molecule has 1 aromatic heterocycles. The van der Waals surface area contributed by atoms with Crippen LogP contribution in [-0.2, 0) is 0 Å². The van der Waals surface area contributed by atoms with Crippen LogP contribution in [-0.4, -0.2) is 24.6 Å². The molecule has 0 amide bonds. The van der Waals surface area contributed by atoms with E-state index >= 15 is 0 Å². The number of hydrogen-bond acceptors (Lipinski definition) is 3. The lowest BCUT2D eigenvalue weighted by molar-refractivity contribution is 0.475. The summed E-state index contributed by atoms with van der Waals surface area (Å²) in [6.07, 6.45) is 5.70. The van der Waals surface area contributed by atoms with Crippen LogP contribution in [0, 0.1) is 5.92 Å². The van der Waals surface area contributed by atoms with Crippen molar-refractivity contribution < 1.29 is 0 Å². The van der Waals surface area contributed by atoms with Gasteiger partial charge in [-0.2, -0.15) is 0 Å². The minimum Gasteiger partial charge on any atom is -0.371 e. The van der Waals surface area contributed by atoms with Crippen molar-refractivity contribution in [3.05, 3.63) is 36.5 Å². The highest BCUT2D eigenvalue weighted by molar-refractivity contribution is 5.91. The molecule has 3 nitrogen and oxygen atoms in total. The van der Waals surface area contributed by atoms with Gasteiger partial charge in [0.25, 0.3) is 0 Å². The molecule has 2 atom stereocenters. The Labute approximate surface area is 114 Å². The van der Waals surface area contributed by atoms with Gasteiger partial charge in [0.1, 0.15) is 0 Å². The molecule has 1 fully saturated rings. The Bertz CT molecular complexity index is 561. The summed E-state index contributed by atoms with van der Waals surface area (Å²) in [6, 6.07) is 11.0. The van der Waals surface area contributed by atoms with E-state index < -0.39 is 0 Å². The normalized spacial score (nSPS) is 22.8. The summed E-state index contributed by atoms with van der Waals surface area (Å²) in [6.45, 7) is 0.790. The third-order valence-electron chi connectivity index (χ3n) is 4.43. The highest BCUT2D eigenvalue weighted by atomic mass is 15.1. The van der Waals surface area contributed by atoms with E-state index in [0.29, 0.717) is 12.0 Å². The van der Waals surface area contributed by atoms with Crippen LogP contribution < -0.4 is 10.6 Å². The van der Waals surface area contributed by atoms with E-state index in [4.69, 9.17) is 5.73 Å². The Kier molecular flexibility index (Phi) is 3.38. The Balaban J connectivity index is 1.99. The first kappa shape index (κ1) is 12.4. The van der Waals surface area contributed by atoms with Gasteiger partial charge in [0.05, 0.1) is 5.52 Å². The van der Waals surface area contributed by atoms with Crippen molar-refractivity contribution in [1.29, 1.82) is 0 Å². The maximum atomic E-state index is 5.91. The molecule has 1 aromatic carbocycles. The van der Waals surface area contributed by atoms with Gasteiger partial charge in [0, 0.05) is 30.4 Å². The number of hydrogen-bond donors (Lipinski definition) is 1. The summed E-state index contributed by atoms with van der Waals surface area (Å²) in [4.78, 5) is 6.85. The number of pyridine rings is 1. The first-order chi connectivity index (χ1) is 9.31. The van der Waals surface area contributed by atoms with E-state index in [-0.39, 0.29) is 0 Å². The molecule has 0 aliphatic heterocycles. The number of para-hydroxylation sites is 1. The molecule has 1 aliphatic rings. The van der Waals surface area contributed by atoms with Crippen molar-refractivity contribution in [2.75, 3.05) is 18.5 Å². The number of fused-ring (bicyclic) bond motifs is 1. The zero-order chi connectivity index (χ0) is 13.2. The molecular weight excluding hydrogens is 234 g/mol. The zero-order valence-corrected chi connectivity index (χ0v) is 11.4. The molecule has 1 heterocycles. The minimum absolute atomic E-state index is 0.566. The van der Waals surface area contributed by atoms with Crippen molar-refractivity contribution in [2.24, 2.45) is 11.7 Å². The van der Waals surface area contributed by atoms with Crippen LogP contribution in [0.15, 0.2) is 36.5 Å². The van der Waals surface area contributed by atoms with Crippen LogP contribution in [0.5, 0.6) is 0 Å². The second-order valence-corrected chi connectivity index (χ2v) is 5.45. The first-order valence-corrected chi connectivity index (χ1v) is 7.08. The maximum absolute atomic E-state index is 5.91. The molecule has 1 saturated carbocycles. The van der Waals surface area contributed by atoms with Gasteiger partial charge in [-0.3, -0.25) is 4.98 Å². The van der Waals surface area contributed by atoms with E-state index in [1.165, 1.54) is 30.3 Å². The van der Waals surface area contributed by atoms with Crippen molar-refractivity contribution in [3.63, 3.8) is 0 Å². The highest BCUT2D eigenvalue weighted by Gasteiger charge is 2.30. The fourth-order valence-corrected chi connectivity index (χ4v) is 3.37. The van der Waals surface area contributed by atoms with E-state index in [1.807, 2.05) is 12.3 Å². The third-order valence-corrected chi connectivity index (χ3v) is 4.43. The summed E-state index contributed by atoms with van der Waals surface area (Å²) in [5.74, 6) is 0.622. The fraction of sp³-hybridized carbons (Fsp3) is 0.438. The van der Waals surface area contributed by atoms with E-state index in [9.17, 15) is 0 Å². The molecule has 100 valence electrons. The van der Waals surface area contributed by atoms with Gasteiger partial charge < -0.3 is 10.6 Å². The standard InChI is InChI=1S/C16H21N3/c1-19(15-8-4-5-12(15)11-17)16-9-10-18-14-7-3-2-6-13(14)16/h2-3,6-7,9-10,12,15H,4-5,8,11,17H2,1H3. The SMILES string of the molecule is CN(c1ccnc2ccccc12)C1CCCC1CN. The second-order valence-electron chi connectivity index (χ2n) is 5.45.